The monoisotopic (exact) mass is 800 g/mol. The van der Waals surface area contributed by atoms with Gasteiger partial charge in [0, 0.05) is 0 Å². The van der Waals surface area contributed by atoms with E-state index in [9.17, 15) is 40.5 Å². The van der Waals surface area contributed by atoms with Crippen molar-refractivity contribution < 1.29 is 50.0 Å². The number of amides is 1. The zero-order valence-electron chi connectivity index (χ0n) is 35.4. The van der Waals surface area contributed by atoms with Gasteiger partial charge in [-0.05, 0) is 64.2 Å². The van der Waals surface area contributed by atoms with Crippen LogP contribution in [0.5, 0.6) is 0 Å². The number of aliphatic hydroxyl groups excluding tert-OH is 7. The minimum Gasteiger partial charge on any atom is -0.394 e. The molecular weight excluding hydrogens is 714 g/mol. The number of unbranched alkanes of at least 4 members (excludes halogenated alkanes) is 21. The lowest BCUT2D eigenvalue weighted by Crippen LogP contribution is -2.60. The van der Waals surface area contributed by atoms with E-state index in [2.05, 4.69) is 43.5 Å². The molecule has 0 saturated carbocycles. The van der Waals surface area contributed by atoms with Crippen LogP contribution in [0, 0.1) is 0 Å². The first kappa shape index (κ1) is 52.6. The van der Waals surface area contributed by atoms with Crippen molar-refractivity contribution in [3.63, 3.8) is 0 Å². The maximum atomic E-state index is 13.1. The first-order valence-electron chi connectivity index (χ1n) is 22.7. The van der Waals surface area contributed by atoms with Crippen LogP contribution in [0.15, 0.2) is 24.3 Å². The van der Waals surface area contributed by atoms with Crippen LogP contribution >= 0.6 is 0 Å². The molecule has 9 unspecified atom stereocenters. The van der Waals surface area contributed by atoms with Crippen LogP contribution in [0.25, 0.3) is 0 Å². The van der Waals surface area contributed by atoms with Crippen LogP contribution in [0.2, 0.25) is 0 Å². The number of carbonyl (C=O) groups excluding carboxylic acids is 1. The SMILES string of the molecule is CCCCCCCCC/C=C/CCCC(O)C(O)C(COC1OC(CO)C(O)C(O)C1O)NC(=O)C(O)CCCCCC/C=C\CCCCCCCCCCC. The van der Waals surface area contributed by atoms with Gasteiger partial charge in [-0.1, -0.05) is 147 Å². The Balaban J connectivity index is 2.49. The molecule has 1 heterocycles. The Morgan fingerprint density at radius 2 is 1.05 bits per heavy atom. The van der Waals surface area contributed by atoms with Crippen molar-refractivity contribution in [2.45, 2.75) is 242 Å². The van der Waals surface area contributed by atoms with Gasteiger partial charge in [0.05, 0.1) is 25.4 Å². The average molecular weight is 800 g/mol. The third kappa shape index (κ3) is 25.2. The number of allylic oxidation sites excluding steroid dienone is 4. The molecule has 0 aromatic rings. The molecule has 1 fully saturated rings. The van der Waals surface area contributed by atoms with Crippen molar-refractivity contribution in [3.8, 4) is 0 Å². The average Bonchev–Trinajstić information content (AvgIpc) is 3.20. The molecule has 1 amide bonds. The zero-order valence-corrected chi connectivity index (χ0v) is 35.4. The summed E-state index contributed by atoms with van der Waals surface area (Å²) in [6.45, 7) is 3.39. The summed E-state index contributed by atoms with van der Waals surface area (Å²) < 4.78 is 11.1. The van der Waals surface area contributed by atoms with Gasteiger partial charge in [0.15, 0.2) is 6.29 Å². The van der Waals surface area contributed by atoms with Crippen LogP contribution < -0.4 is 5.32 Å². The van der Waals surface area contributed by atoms with Crippen molar-refractivity contribution in [1.82, 2.24) is 5.32 Å². The van der Waals surface area contributed by atoms with E-state index < -0.39 is 74.2 Å². The van der Waals surface area contributed by atoms with Gasteiger partial charge in [0.1, 0.15) is 36.6 Å². The summed E-state index contributed by atoms with van der Waals surface area (Å²) in [5, 5.41) is 75.5. The highest BCUT2D eigenvalue weighted by molar-refractivity contribution is 5.80. The van der Waals surface area contributed by atoms with Crippen molar-refractivity contribution in [3.05, 3.63) is 24.3 Å². The summed E-state index contributed by atoms with van der Waals surface area (Å²) in [5.41, 5.74) is 0. The molecule has 8 N–H and O–H groups in total. The lowest BCUT2D eigenvalue weighted by atomic mass is 9.98. The Labute approximate surface area is 340 Å². The quantitative estimate of drug-likeness (QED) is 0.0239. The number of hydrogen-bond acceptors (Lipinski definition) is 10. The number of hydrogen-bond donors (Lipinski definition) is 8. The predicted molar refractivity (Wildman–Crippen MR) is 224 cm³/mol. The Bertz CT molecular complexity index is 965. The molecule has 0 radical (unpaired) electrons. The minimum absolute atomic E-state index is 0.240. The van der Waals surface area contributed by atoms with Gasteiger partial charge in [-0.15, -0.1) is 0 Å². The maximum Gasteiger partial charge on any atom is 0.249 e. The fourth-order valence-electron chi connectivity index (χ4n) is 7.14. The minimum atomic E-state index is -1.67. The van der Waals surface area contributed by atoms with Crippen LogP contribution in [-0.4, -0.2) is 110 Å². The first-order chi connectivity index (χ1) is 27.2. The second-order valence-corrected chi connectivity index (χ2v) is 16.1. The third-order valence-corrected chi connectivity index (χ3v) is 11.0. The Kier molecular flexibility index (Phi) is 33.4. The zero-order chi connectivity index (χ0) is 41.2. The Morgan fingerprint density at radius 3 is 1.54 bits per heavy atom. The number of nitrogens with one attached hydrogen (secondary N) is 1. The molecule has 0 bridgehead atoms. The number of carbonyl (C=O) groups is 1. The normalized spacial score (nSPS) is 22.5. The van der Waals surface area contributed by atoms with Crippen LogP contribution in [0.3, 0.4) is 0 Å². The predicted octanol–water partition coefficient (Wildman–Crippen LogP) is 7.06. The number of aliphatic hydroxyl groups is 7. The molecular formula is C45H85NO10. The molecule has 330 valence electrons. The molecule has 1 aliphatic rings. The van der Waals surface area contributed by atoms with Gasteiger partial charge in [-0.25, -0.2) is 0 Å². The summed E-state index contributed by atoms with van der Waals surface area (Å²) >= 11 is 0. The second-order valence-electron chi connectivity index (χ2n) is 16.1. The molecule has 1 rings (SSSR count). The van der Waals surface area contributed by atoms with Crippen molar-refractivity contribution in [2.24, 2.45) is 0 Å². The van der Waals surface area contributed by atoms with Gasteiger partial charge in [0.25, 0.3) is 0 Å². The smallest absolute Gasteiger partial charge is 0.249 e. The van der Waals surface area contributed by atoms with Crippen molar-refractivity contribution in [2.75, 3.05) is 13.2 Å². The van der Waals surface area contributed by atoms with Crippen molar-refractivity contribution >= 4 is 5.91 Å². The lowest BCUT2D eigenvalue weighted by Gasteiger charge is -2.40. The topological polar surface area (TPSA) is 189 Å². The summed E-state index contributed by atoms with van der Waals surface area (Å²) in [5.74, 6) is -0.716. The number of rotatable bonds is 37. The molecule has 11 nitrogen and oxygen atoms in total. The van der Waals surface area contributed by atoms with Crippen LogP contribution in [0.1, 0.15) is 187 Å². The third-order valence-electron chi connectivity index (χ3n) is 11.0. The van der Waals surface area contributed by atoms with Crippen molar-refractivity contribution in [1.29, 1.82) is 0 Å². The summed E-state index contributed by atoms with van der Waals surface area (Å²) in [6.07, 6.45) is 26.6. The summed E-state index contributed by atoms with van der Waals surface area (Å²) in [7, 11) is 0. The van der Waals surface area contributed by atoms with Crippen LogP contribution in [0.4, 0.5) is 0 Å². The van der Waals surface area contributed by atoms with E-state index in [4.69, 9.17) is 9.47 Å². The molecule has 1 aliphatic heterocycles. The van der Waals surface area contributed by atoms with E-state index in [-0.39, 0.29) is 12.8 Å². The van der Waals surface area contributed by atoms with Gasteiger partial charge in [0.2, 0.25) is 5.91 Å². The van der Waals surface area contributed by atoms with Gasteiger partial charge in [-0.3, -0.25) is 4.79 Å². The molecule has 1 saturated heterocycles. The van der Waals surface area contributed by atoms with E-state index in [0.717, 1.165) is 51.4 Å². The largest absolute Gasteiger partial charge is 0.394 e. The molecule has 0 aromatic carbocycles. The maximum absolute atomic E-state index is 13.1. The summed E-state index contributed by atoms with van der Waals surface area (Å²) in [6, 6.07) is -1.19. The van der Waals surface area contributed by atoms with Gasteiger partial charge >= 0.3 is 0 Å². The lowest BCUT2D eigenvalue weighted by molar-refractivity contribution is -0.303. The molecule has 0 spiro atoms. The Morgan fingerprint density at radius 1 is 0.607 bits per heavy atom. The molecule has 9 atom stereocenters. The van der Waals surface area contributed by atoms with Gasteiger partial charge in [-0.2, -0.15) is 0 Å². The van der Waals surface area contributed by atoms with E-state index in [0.29, 0.717) is 12.8 Å². The Hall–Kier alpha value is -1.41. The highest BCUT2D eigenvalue weighted by Crippen LogP contribution is 2.23. The highest BCUT2D eigenvalue weighted by Gasteiger charge is 2.44. The fourth-order valence-corrected chi connectivity index (χ4v) is 7.14. The highest BCUT2D eigenvalue weighted by atomic mass is 16.7. The molecule has 11 heteroatoms. The molecule has 56 heavy (non-hydrogen) atoms. The van der Waals surface area contributed by atoms with E-state index >= 15 is 0 Å². The van der Waals surface area contributed by atoms with Crippen LogP contribution in [-0.2, 0) is 14.3 Å². The van der Waals surface area contributed by atoms with Gasteiger partial charge < -0.3 is 50.5 Å². The second kappa shape index (κ2) is 35.5. The molecule has 0 aromatic heterocycles. The van der Waals surface area contributed by atoms with E-state index in [1.807, 2.05) is 0 Å². The fraction of sp³-hybridized carbons (Fsp3) is 0.889. The molecule has 0 aliphatic carbocycles. The van der Waals surface area contributed by atoms with E-state index in [1.165, 1.54) is 96.3 Å². The summed E-state index contributed by atoms with van der Waals surface area (Å²) in [4.78, 5) is 13.1. The number of ether oxygens (including phenoxy) is 2. The van der Waals surface area contributed by atoms with E-state index in [1.54, 1.807) is 0 Å². The first-order valence-corrected chi connectivity index (χ1v) is 22.7. The standard InChI is InChI=1S/C45H85NO10/c1-3-5-7-9-11-13-15-17-18-19-20-21-23-25-27-29-31-33-38(49)44(54)46-36(35-55-45-43(53)42(52)41(51)39(34-47)56-45)40(50)37(48)32-30-28-26-24-22-16-14-12-10-8-6-4-2/h20-21,24,26,36-43,45,47-53H,3-19,22-23,25,27-35H2,1-2H3,(H,46,54)/b21-20-,26-24+.